The maximum absolute atomic E-state index is 12.8. The van der Waals surface area contributed by atoms with Crippen LogP contribution < -0.4 is 10.6 Å². The van der Waals surface area contributed by atoms with Crippen molar-refractivity contribution in [2.45, 2.75) is 13.8 Å². The third kappa shape index (κ3) is 5.99. The van der Waals surface area contributed by atoms with Gasteiger partial charge in [0.1, 0.15) is 10.8 Å². The monoisotopic (exact) mass is 482 g/mol. The van der Waals surface area contributed by atoms with E-state index >= 15 is 0 Å². The second-order valence-corrected chi connectivity index (χ2v) is 7.99. The predicted molar refractivity (Wildman–Crippen MR) is 126 cm³/mol. The molecular formula is C24H22N2O7S. The number of benzene rings is 2. The number of phenolic OH excluding ortho intramolecular Hbond substituents is 1. The van der Waals surface area contributed by atoms with Crippen LogP contribution in [0.5, 0.6) is 5.75 Å². The number of anilines is 2. The highest BCUT2D eigenvalue weighted by atomic mass is 32.1. The summed E-state index contributed by atoms with van der Waals surface area (Å²) in [5.74, 6) is -2.61. The molecule has 0 saturated heterocycles. The number of hydrogen-bond donors (Lipinski definition) is 3. The first kappa shape index (κ1) is 24.5. The van der Waals surface area contributed by atoms with Gasteiger partial charge in [0.2, 0.25) is 0 Å². The summed E-state index contributed by atoms with van der Waals surface area (Å²) in [5, 5.41) is 14.7. The normalized spacial score (nSPS) is 10.3. The second kappa shape index (κ2) is 11.1. The van der Waals surface area contributed by atoms with Crippen LogP contribution in [0, 0.1) is 6.92 Å². The van der Waals surface area contributed by atoms with E-state index in [0.29, 0.717) is 11.3 Å². The highest BCUT2D eigenvalue weighted by Gasteiger charge is 2.27. The molecule has 0 bridgehead atoms. The van der Waals surface area contributed by atoms with Gasteiger partial charge in [-0.2, -0.15) is 0 Å². The summed E-state index contributed by atoms with van der Waals surface area (Å²) in [5.41, 5.74) is 1.14. The lowest BCUT2D eigenvalue weighted by Crippen LogP contribution is -2.21. The molecule has 0 aliphatic rings. The topological polar surface area (TPSA) is 131 Å². The fraction of sp³-hybridized carbons (Fsp3) is 0.167. The standard InChI is InChI=1S/C24H22N2O7S/c1-3-32-24(31)19-14(2)20(21(29)25-16-7-5-4-6-8-16)34-22(19)26-18(28)13-33-23(30)15-9-11-17(27)12-10-15/h4-12,27H,3,13H2,1-2H3,(H,25,29)(H,26,28). The fourth-order valence-electron chi connectivity index (χ4n) is 2.95. The number of nitrogens with one attached hydrogen (secondary N) is 2. The molecule has 0 aliphatic heterocycles. The van der Waals surface area contributed by atoms with Crippen molar-refractivity contribution in [2.75, 3.05) is 23.8 Å². The zero-order valence-electron chi connectivity index (χ0n) is 18.4. The van der Waals surface area contributed by atoms with Crippen LogP contribution in [0.1, 0.15) is 42.9 Å². The van der Waals surface area contributed by atoms with Gasteiger partial charge in [-0.15, -0.1) is 11.3 Å². The summed E-state index contributed by atoms with van der Waals surface area (Å²) in [6, 6.07) is 14.1. The molecule has 176 valence electrons. The van der Waals surface area contributed by atoms with Crippen LogP contribution in [0.2, 0.25) is 0 Å². The number of thiophene rings is 1. The van der Waals surface area contributed by atoms with Crippen LogP contribution in [0.4, 0.5) is 10.7 Å². The zero-order valence-corrected chi connectivity index (χ0v) is 19.2. The van der Waals surface area contributed by atoms with Gasteiger partial charge >= 0.3 is 11.9 Å². The van der Waals surface area contributed by atoms with Crippen molar-refractivity contribution in [2.24, 2.45) is 0 Å². The first-order chi connectivity index (χ1) is 16.3. The number of hydrogen-bond acceptors (Lipinski definition) is 8. The Hall–Kier alpha value is -4.18. The van der Waals surface area contributed by atoms with Gasteiger partial charge in [-0.3, -0.25) is 9.59 Å². The number of phenols is 1. The predicted octanol–water partition coefficient (Wildman–Crippen LogP) is 3.99. The molecule has 0 atom stereocenters. The minimum absolute atomic E-state index is 0.0130. The molecule has 0 saturated carbocycles. The Morgan fingerprint density at radius 2 is 1.59 bits per heavy atom. The molecular weight excluding hydrogens is 460 g/mol. The molecule has 1 aromatic heterocycles. The maximum atomic E-state index is 12.8. The molecule has 2 amide bonds. The van der Waals surface area contributed by atoms with Gasteiger partial charge < -0.3 is 25.2 Å². The summed E-state index contributed by atoms with van der Waals surface area (Å²) < 4.78 is 10.1. The van der Waals surface area contributed by atoms with E-state index in [0.717, 1.165) is 11.3 Å². The Labute approximate surface area is 199 Å². The van der Waals surface area contributed by atoms with Gasteiger partial charge in [-0.1, -0.05) is 18.2 Å². The number of ether oxygens (including phenoxy) is 2. The van der Waals surface area contributed by atoms with Gasteiger partial charge in [0, 0.05) is 5.69 Å². The summed E-state index contributed by atoms with van der Waals surface area (Å²) in [6.07, 6.45) is 0. The van der Waals surface area contributed by atoms with Crippen LogP contribution in [0.15, 0.2) is 54.6 Å². The average molecular weight is 483 g/mol. The van der Waals surface area contributed by atoms with Crippen LogP contribution in [-0.2, 0) is 14.3 Å². The maximum Gasteiger partial charge on any atom is 0.341 e. The van der Waals surface area contributed by atoms with Crippen molar-refractivity contribution in [1.29, 1.82) is 0 Å². The first-order valence-electron chi connectivity index (χ1n) is 10.2. The largest absolute Gasteiger partial charge is 0.508 e. The molecule has 0 fully saturated rings. The minimum Gasteiger partial charge on any atom is -0.508 e. The van der Waals surface area contributed by atoms with Gasteiger partial charge in [0.05, 0.1) is 22.6 Å². The van der Waals surface area contributed by atoms with Crippen molar-refractivity contribution in [3.8, 4) is 5.75 Å². The molecule has 1 heterocycles. The number of rotatable bonds is 8. The number of esters is 2. The third-order valence-electron chi connectivity index (χ3n) is 4.55. The smallest absolute Gasteiger partial charge is 0.341 e. The molecule has 0 aliphatic carbocycles. The molecule has 3 aromatic rings. The SMILES string of the molecule is CCOC(=O)c1c(NC(=O)COC(=O)c2ccc(O)cc2)sc(C(=O)Nc2ccccc2)c1C. The van der Waals surface area contributed by atoms with E-state index in [1.165, 1.54) is 24.3 Å². The Kier molecular flexibility index (Phi) is 7.99. The number of carbonyl (C=O) groups excluding carboxylic acids is 4. The van der Waals surface area contributed by atoms with E-state index in [-0.39, 0.29) is 33.4 Å². The molecule has 9 nitrogen and oxygen atoms in total. The molecule has 0 radical (unpaired) electrons. The highest BCUT2D eigenvalue weighted by molar-refractivity contribution is 7.19. The summed E-state index contributed by atoms with van der Waals surface area (Å²) in [6.45, 7) is 2.72. The molecule has 0 spiro atoms. The van der Waals surface area contributed by atoms with Crippen molar-refractivity contribution >= 4 is 45.8 Å². The van der Waals surface area contributed by atoms with Crippen molar-refractivity contribution in [3.05, 3.63) is 76.2 Å². The molecule has 3 N–H and O–H groups in total. The number of amides is 2. The lowest BCUT2D eigenvalue weighted by molar-refractivity contribution is -0.119. The van der Waals surface area contributed by atoms with E-state index in [9.17, 15) is 24.3 Å². The molecule has 3 rings (SSSR count). The Bertz CT molecular complexity index is 1200. The number of aromatic hydroxyl groups is 1. The number of carbonyl (C=O) groups is 4. The van der Waals surface area contributed by atoms with E-state index in [4.69, 9.17) is 9.47 Å². The minimum atomic E-state index is -0.758. The van der Waals surface area contributed by atoms with Crippen LogP contribution in [-0.4, -0.2) is 42.1 Å². The highest BCUT2D eigenvalue weighted by Crippen LogP contribution is 2.34. The van der Waals surface area contributed by atoms with Gasteiger partial charge in [0.25, 0.3) is 11.8 Å². The van der Waals surface area contributed by atoms with E-state index in [2.05, 4.69) is 10.6 Å². The quantitative estimate of drug-likeness (QED) is 0.414. The first-order valence-corrected chi connectivity index (χ1v) is 11.0. The number of para-hydroxylation sites is 1. The van der Waals surface area contributed by atoms with Crippen LogP contribution in [0.25, 0.3) is 0 Å². The zero-order chi connectivity index (χ0) is 24.7. The Morgan fingerprint density at radius 3 is 2.24 bits per heavy atom. The lowest BCUT2D eigenvalue weighted by Gasteiger charge is -2.08. The molecule has 2 aromatic carbocycles. The summed E-state index contributed by atoms with van der Waals surface area (Å²) in [4.78, 5) is 50.1. The van der Waals surface area contributed by atoms with Crippen molar-refractivity contribution in [1.82, 2.24) is 0 Å². The van der Waals surface area contributed by atoms with Crippen LogP contribution in [0.3, 0.4) is 0 Å². The third-order valence-corrected chi connectivity index (χ3v) is 5.76. The molecule has 10 heteroatoms. The Morgan fingerprint density at radius 1 is 0.912 bits per heavy atom. The van der Waals surface area contributed by atoms with Gasteiger partial charge in [0.15, 0.2) is 6.61 Å². The summed E-state index contributed by atoms with van der Waals surface area (Å²) >= 11 is 0.915. The van der Waals surface area contributed by atoms with E-state index < -0.39 is 30.4 Å². The van der Waals surface area contributed by atoms with E-state index in [1.807, 2.05) is 6.07 Å². The molecule has 34 heavy (non-hydrogen) atoms. The molecule has 0 unspecified atom stereocenters. The summed E-state index contributed by atoms with van der Waals surface area (Å²) in [7, 11) is 0. The average Bonchev–Trinajstić information content (AvgIpc) is 3.14. The van der Waals surface area contributed by atoms with Gasteiger partial charge in [-0.05, 0) is 55.8 Å². The van der Waals surface area contributed by atoms with Crippen molar-refractivity contribution < 1.29 is 33.8 Å². The second-order valence-electron chi connectivity index (χ2n) is 6.97. The van der Waals surface area contributed by atoms with Crippen LogP contribution >= 0.6 is 11.3 Å². The van der Waals surface area contributed by atoms with E-state index in [1.54, 1.807) is 38.1 Å². The lowest BCUT2D eigenvalue weighted by atomic mass is 10.1. The fourth-order valence-corrected chi connectivity index (χ4v) is 4.06. The van der Waals surface area contributed by atoms with Crippen molar-refractivity contribution in [3.63, 3.8) is 0 Å². The Balaban J connectivity index is 1.76. The van der Waals surface area contributed by atoms with Gasteiger partial charge in [-0.25, -0.2) is 9.59 Å².